The van der Waals surface area contributed by atoms with Gasteiger partial charge >= 0.3 is 12.1 Å². The number of anilines is 1. The van der Waals surface area contributed by atoms with Crippen molar-refractivity contribution < 1.29 is 46.5 Å². The molecule has 1 N–H and O–H groups in total. The first-order chi connectivity index (χ1) is 19.4. The largest absolute Gasteiger partial charge is 0.497 e. The number of nitrogens with zero attached hydrogens (tertiary/aromatic N) is 1. The fraction of sp³-hybridized carbons (Fsp3) is 0.333. The molecule has 0 aliphatic rings. The van der Waals surface area contributed by atoms with E-state index in [0.29, 0.717) is 28.7 Å². The lowest BCUT2D eigenvalue weighted by Crippen LogP contribution is -2.27. The van der Waals surface area contributed by atoms with Crippen LogP contribution in [0.25, 0.3) is 0 Å². The summed E-state index contributed by atoms with van der Waals surface area (Å²) in [5.74, 6) is -3.31. The Labute approximate surface area is 235 Å². The standard InChI is InChI=1S/C30H31F4NO6/c1-18(29(38)41-4)25(36)15-26(37)27-23(30(32,33)34)13-14-24(28(27)31)35(16-19-5-9-21(39-2)10-6-19)17-20-7-11-22(40-3)12-8-20/h5-14,18,26,37H,15-17H2,1-4H3. The number of carbonyl (C=O) groups is 2. The molecule has 0 aliphatic carbocycles. The average molecular weight is 578 g/mol. The molecule has 7 nitrogen and oxygen atoms in total. The van der Waals surface area contributed by atoms with Crippen LogP contribution in [-0.4, -0.2) is 38.2 Å². The van der Waals surface area contributed by atoms with Crippen molar-refractivity contribution in [1.82, 2.24) is 0 Å². The molecular formula is C30H31F4NO6. The third-order valence-corrected chi connectivity index (χ3v) is 6.64. The van der Waals surface area contributed by atoms with Gasteiger partial charge in [-0.05, 0) is 54.4 Å². The van der Waals surface area contributed by atoms with E-state index in [0.717, 1.165) is 13.2 Å². The van der Waals surface area contributed by atoms with Crippen LogP contribution < -0.4 is 14.4 Å². The second-order valence-electron chi connectivity index (χ2n) is 9.34. The number of hydrogen-bond acceptors (Lipinski definition) is 7. The molecule has 0 saturated heterocycles. The van der Waals surface area contributed by atoms with Gasteiger partial charge in [0.05, 0.1) is 38.7 Å². The van der Waals surface area contributed by atoms with Gasteiger partial charge in [0.15, 0.2) is 5.82 Å². The Morgan fingerprint density at radius 1 is 0.854 bits per heavy atom. The normalized spacial score (nSPS) is 12.8. The summed E-state index contributed by atoms with van der Waals surface area (Å²) in [7, 11) is 4.06. The summed E-state index contributed by atoms with van der Waals surface area (Å²) in [6.07, 6.45) is -8.12. The Bertz CT molecular complexity index is 1290. The minimum absolute atomic E-state index is 0.0894. The summed E-state index contributed by atoms with van der Waals surface area (Å²) in [6.45, 7) is 1.38. The monoisotopic (exact) mass is 577 g/mol. The van der Waals surface area contributed by atoms with Crippen molar-refractivity contribution in [3.63, 3.8) is 0 Å². The number of halogens is 4. The highest BCUT2D eigenvalue weighted by molar-refractivity contribution is 5.98. The van der Waals surface area contributed by atoms with Gasteiger partial charge in [0.1, 0.15) is 23.2 Å². The number of Topliss-reactive ketones (excluding diaryl/α,β-unsaturated/α-hetero) is 1. The third-order valence-electron chi connectivity index (χ3n) is 6.64. The summed E-state index contributed by atoms with van der Waals surface area (Å²) < 4.78 is 72.9. The predicted molar refractivity (Wildman–Crippen MR) is 143 cm³/mol. The number of rotatable bonds is 12. The molecule has 0 spiro atoms. The van der Waals surface area contributed by atoms with Gasteiger partial charge < -0.3 is 24.2 Å². The zero-order chi connectivity index (χ0) is 30.3. The minimum atomic E-state index is -5.02. The van der Waals surface area contributed by atoms with Crippen LogP contribution in [0.1, 0.15) is 41.7 Å². The molecule has 0 saturated carbocycles. The van der Waals surface area contributed by atoms with E-state index in [1.807, 2.05) is 0 Å². The molecule has 41 heavy (non-hydrogen) atoms. The molecule has 0 aliphatic heterocycles. The summed E-state index contributed by atoms with van der Waals surface area (Å²) in [5.41, 5.74) is -1.29. The number of benzene rings is 3. The van der Waals surface area contributed by atoms with E-state index in [1.54, 1.807) is 48.5 Å². The maximum atomic E-state index is 16.1. The van der Waals surface area contributed by atoms with Gasteiger partial charge in [0.25, 0.3) is 0 Å². The molecule has 220 valence electrons. The lowest BCUT2D eigenvalue weighted by atomic mass is 9.93. The van der Waals surface area contributed by atoms with E-state index >= 15 is 4.39 Å². The maximum absolute atomic E-state index is 16.1. The van der Waals surface area contributed by atoms with E-state index < -0.39 is 53.3 Å². The van der Waals surface area contributed by atoms with Crippen molar-refractivity contribution in [3.05, 3.63) is 88.7 Å². The molecule has 3 aromatic carbocycles. The van der Waals surface area contributed by atoms with E-state index in [9.17, 15) is 27.9 Å². The fourth-order valence-corrected chi connectivity index (χ4v) is 4.31. The van der Waals surface area contributed by atoms with Crippen molar-refractivity contribution in [1.29, 1.82) is 0 Å². The van der Waals surface area contributed by atoms with Crippen LogP contribution in [0.3, 0.4) is 0 Å². The van der Waals surface area contributed by atoms with Gasteiger partial charge in [-0.25, -0.2) is 4.39 Å². The molecular weight excluding hydrogens is 546 g/mol. The third kappa shape index (κ3) is 7.75. The van der Waals surface area contributed by atoms with E-state index in [4.69, 9.17) is 9.47 Å². The SMILES string of the molecule is COC(=O)C(C)C(=O)CC(O)c1c(C(F)(F)F)ccc(N(Cc2ccc(OC)cc2)Cc2ccc(OC)cc2)c1F. The number of ether oxygens (including phenoxy) is 3. The first kappa shape index (κ1) is 31.4. The van der Waals surface area contributed by atoms with Gasteiger partial charge in [-0.15, -0.1) is 0 Å². The number of methoxy groups -OCH3 is 3. The summed E-state index contributed by atoms with van der Waals surface area (Å²) in [5, 5.41) is 10.8. The molecule has 0 bridgehead atoms. The number of esters is 1. The lowest BCUT2D eigenvalue weighted by molar-refractivity contribution is -0.149. The van der Waals surface area contributed by atoms with Crippen LogP contribution in [0.2, 0.25) is 0 Å². The number of carbonyl (C=O) groups excluding carboxylic acids is 2. The maximum Gasteiger partial charge on any atom is 0.416 e. The van der Waals surface area contributed by atoms with Crippen molar-refractivity contribution in [2.75, 3.05) is 26.2 Å². The van der Waals surface area contributed by atoms with Gasteiger partial charge in [0.2, 0.25) is 0 Å². The first-order valence-corrected chi connectivity index (χ1v) is 12.6. The molecule has 0 fully saturated rings. The van der Waals surface area contributed by atoms with E-state index in [1.165, 1.54) is 26.0 Å². The van der Waals surface area contributed by atoms with Crippen LogP contribution >= 0.6 is 0 Å². The van der Waals surface area contributed by atoms with Crippen molar-refractivity contribution in [2.24, 2.45) is 5.92 Å². The topological polar surface area (TPSA) is 85.3 Å². The van der Waals surface area contributed by atoms with Gasteiger partial charge in [0, 0.05) is 25.1 Å². The van der Waals surface area contributed by atoms with Crippen LogP contribution in [0.4, 0.5) is 23.2 Å². The Hall–Kier alpha value is -4.12. The smallest absolute Gasteiger partial charge is 0.416 e. The number of hydrogen-bond donors (Lipinski definition) is 1. The zero-order valence-corrected chi connectivity index (χ0v) is 23.0. The second kappa shape index (κ2) is 13.5. The number of aliphatic hydroxyl groups excluding tert-OH is 1. The molecule has 3 aromatic rings. The fourth-order valence-electron chi connectivity index (χ4n) is 4.31. The highest BCUT2D eigenvalue weighted by atomic mass is 19.4. The average Bonchev–Trinajstić information content (AvgIpc) is 2.95. The number of aliphatic hydroxyl groups is 1. The Morgan fingerprint density at radius 3 is 1.76 bits per heavy atom. The number of ketones is 1. The summed E-state index contributed by atoms with van der Waals surface area (Å²) in [4.78, 5) is 25.8. The van der Waals surface area contributed by atoms with Gasteiger partial charge in [-0.2, -0.15) is 13.2 Å². The molecule has 2 atom stereocenters. The first-order valence-electron chi connectivity index (χ1n) is 12.6. The van der Waals surface area contributed by atoms with Crippen LogP contribution in [0, 0.1) is 11.7 Å². The van der Waals surface area contributed by atoms with Crippen molar-refractivity contribution in [3.8, 4) is 11.5 Å². The molecule has 11 heteroatoms. The quantitative estimate of drug-likeness (QED) is 0.164. The van der Waals surface area contributed by atoms with Crippen LogP contribution in [-0.2, 0) is 33.6 Å². The van der Waals surface area contributed by atoms with E-state index in [-0.39, 0.29) is 18.8 Å². The highest BCUT2D eigenvalue weighted by Crippen LogP contribution is 2.41. The van der Waals surface area contributed by atoms with Crippen molar-refractivity contribution in [2.45, 2.75) is 38.7 Å². The van der Waals surface area contributed by atoms with Crippen molar-refractivity contribution >= 4 is 17.4 Å². The second-order valence-corrected chi connectivity index (χ2v) is 9.34. The zero-order valence-electron chi connectivity index (χ0n) is 23.0. The molecule has 3 rings (SSSR count). The van der Waals surface area contributed by atoms with E-state index in [2.05, 4.69) is 4.74 Å². The molecule has 0 aromatic heterocycles. The van der Waals surface area contributed by atoms with Crippen LogP contribution in [0.15, 0.2) is 60.7 Å². The Kier molecular flexibility index (Phi) is 10.3. The molecule has 2 unspecified atom stereocenters. The molecule has 0 heterocycles. The summed E-state index contributed by atoms with van der Waals surface area (Å²) >= 11 is 0. The minimum Gasteiger partial charge on any atom is -0.497 e. The van der Waals surface area contributed by atoms with Gasteiger partial charge in [-0.3, -0.25) is 9.59 Å². The van der Waals surface area contributed by atoms with Gasteiger partial charge in [-0.1, -0.05) is 24.3 Å². The molecule has 0 radical (unpaired) electrons. The highest BCUT2D eigenvalue weighted by Gasteiger charge is 2.39. The number of alkyl halides is 3. The Morgan fingerprint density at radius 2 is 1.34 bits per heavy atom. The molecule has 0 amide bonds. The van der Waals surface area contributed by atoms with Crippen LogP contribution in [0.5, 0.6) is 11.5 Å². The Balaban J connectivity index is 2.08. The lowest BCUT2D eigenvalue weighted by Gasteiger charge is -2.28. The predicted octanol–water partition coefficient (Wildman–Crippen LogP) is 5.87. The summed E-state index contributed by atoms with van der Waals surface area (Å²) in [6, 6.07) is 15.4.